The van der Waals surface area contributed by atoms with Gasteiger partial charge in [0.1, 0.15) is 17.5 Å². The molecule has 0 aliphatic carbocycles. The number of aliphatic hydroxyl groups excluding tert-OH is 1. The summed E-state index contributed by atoms with van der Waals surface area (Å²) < 4.78 is 15.9. The minimum absolute atomic E-state index is 0. The molecule has 0 heterocycles. The van der Waals surface area contributed by atoms with E-state index >= 15 is 0 Å². The minimum Gasteiger partial charge on any atom is -0.496 e. The van der Waals surface area contributed by atoms with E-state index in [1.54, 1.807) is 33.3 Å². The van der Waals surface area contributed by atoms with Gasteiger partial charge in [0, 0.05) is 0 Å². The topological polar surface area (TPSA) is 91.0 Å². The molecule has 0 aliphatic heterocycles. The van der Waals surface area contributed by atoms with Crippen LogP contribution in [-0.4, -0.2) is 37.9 Å². The minimum atomic E-state index is -0.686. The second-order valence-electron chi connectivity index (χ2n) is 5.79. The van der Waals surface area contributed by atoms with E-state index in [-0.39, 0.29) is 19.0 Å². The molecule has 0 amide bonds. The Morgan fingerprint density at radius 2 is 1.63 bits per heavy atom. The van der Waals surface area contributed by atoms with Crippen LogP contribution in [0.25, 0.3) is 11.1 Å². The molecular formula is C20H26ClNO5. The zero-order chi connectivity index (χ0) is 19.1. The molecule has 2 aromatic carbocycles. The molecule has 3 N–H and O–H groups in total. The van der Waals surface area contributed by atoms with E-state index in [1.165, 1.54) is 0 Å². The van der Waals surface area contributed by atoms with E-state index < -0.39 is 12.0 Å². The van der Waals surface area contributed by atoms with Gasteiger partial charge in [-0.05, 0) is 42.2 Å². The maximum Gasteiger partial charge on any atom is 0.323 e. The van der Waals surface area contributed by atoms with E-state index in [1.807, 2.05) is 24.3 Å². The number of esters is 1. The number of aliphatic hydroxyl groups is 1. The van der Waals surface area contributed by atoms with Gasteiger partial charge in [0.05, 0.1) is 33.0 Å². The molecule has 2 rings (SSSR count). The average Bonchev–Trinajstić information content (AvgIpc) is 2.67. The summed E-state index contributed by atoms with van der Waals surface area (Å²) in [7, 11) is 3.15. The van der Waals surface area contributed by atoms with Crippen molar-refractivity contribution in [3.05, 3.63) is 47.5 Å². The van der Waals surface area contributed by atoms with Gasteiger partial charge < -0.3 is 25.1 Å². The Labute approximate surface area is 165 Å². The Bertz CT molecular complexity index is 724. The SMILES string of the molecule is CCOC(=O)[C@@H](N)Cc1ccc(-c2c(OC)cc(CO)cc2OC)cc1.Cl. The molecule has 148 valence electrons. The predicted molar refractivity (Wildman–Crippen MR) is 106 cm³/mol. The van der Waals surface area contributed by atoms with Crippen molar-refractivity contribution in [1.29, 1.82) is 0 Å². The molecule has 0 aromatic heterocycles. The largest absolute Gasteiger partial charge is 0.496 e. The number of benzene rings is 2. The number of methoxy groups -OCH3 is 2. The van der Waals surface area contributed by atoms with Crippen LogP contribution in [0.1, 0.15) is 18.1 Å². The molecule has 1 atom stereocenters. The molecule has 0 spiro atoms. The van der Waals surface area contributed by atoms with Crippen molar-refractivity contribution in [2.45, 2.75) is 26.0 Å². The van der Waals surface area contributed by atoms with Crippen molar-refractivity contribution >= 4 is 18.4 Å². The van der Waals surface area contributed by atoms with Gasteiger partial charge in [-0.25, -0.2) is 0 Å². The van der Waals surface area contributed by atoms with Gasteiger partial charge >= 0.3 is 5.97 Å². The second-order valence-corrected chi connectivity index (χ2v) is 5.79. The summed E-state index contributed by atoms with van der Waals surface area (Å²) >= 11 is 0. The molecule has 7 heteroatoms. The van der Waals surface area contributed by atoms with Crippen LogP contribution in [0.3, 0.4) is 0 Å². The number of hydrogen-bond donors (Lipinski definition) is 2. The number of hydrogen-bond acceptors (Lipinski definition) is 6. The summed E-state index contributed by atoms with van der Waals surface area (Å²) in [6.45, 7) is 1.97. The van der Waals surface area contributed by atoms with E-state index in [2.05, 4.69) is 0 Å². The third kappa shape index (κ3) is 5.60. The number of carbonyl (C=O) groups is 1. The Kier molecular flexibility index (Phi) is 9.08. The van der Waals surface area contributed by atoms with Crippen LogP contribution < -0.4 is 15.2 Å². The fourth-order valence-corrected chi connectivity index (χ4v) is 2.74. The van der Waals surface area contributed by atoms with Crippen molar-refractivity contribution in [3.8, 4) is 22.6 Å². The zero-order valence-corrected chi connectivity index (χ0v) is 16.5. The van der Waals surface area contributed by atoms with Crippen LogP contribution in [0.2, 0.25) is 0 Å². The summed E-state index contributed by atoms with van der Waals surface area (Å²) in [5.74, 6) is 0.827. The number of nitrogens with two attached hydrogens (primary N) is 1. The van der Waals surface area contributed by atoms with Crippen LogP contribution in [0.15, 0.2) is 36.4 Å². The lowest BCUT2D eigenvalue weighted by molar-refractivity contribution is -0.144. The first kappa shape index (κ1) is 22.8. The van der Waals surface area contributed by atoms with Gasteiger partial charge in [-0.1, -0.05) is 24.3 Å². The molecule has 0 radical (unpaired) electrons. The van der Waals surface area contributed by atoms with Crippen molar-refractivity contribution in [2.24, 2.45) is 5.73 Å². The fraction of sp³-hybridized carbons (Fsp3) is 0.350. The molecule has 6 nitrogen and oxygen atoms in total. The standard InChI is InChI=1S/C20H25NO5.ClH/c1-4-26-20(23)16(21)9-13-5-7-15(8-6-13)19-17(24-2)10-14(12-22)11-18(19)25-3;/h5-8,10-11,16,22H,4,9,12,21H2,1-3H3;1H/t16-;/m0./s1. The van der Waals surface area contributed by atoms with Gasteiger partial charge in [-0.15, -0.1) is 12.4 Å². The third-order valence-corrected chi connectivity index (χ3v) is 4.04. The number of rotatable bonds is 8. The third-order valence-electron chi connectivity index (χ3n) is 4.04. The first-order valence-corrected chi connectivity index (χ1v) is 8.41. The Hall–Kier alpha value is -2.28. The lowest BCUT2D eigenvalue weighted by Crippen LogP contribution is -2.34. The monoisotopic (exact) mass is 395 g/mol. The van der Waals surface area contributed by atoms with Crippen LogP contribution in [0.5, 0.6) is 11.5 Å². The van der Waals surface area contributed by atoms with Gasteiger partial charge in [-0.3, -0.25) is 4.79 Å². The lowest BCUT2D eigenvalue weighted by Gasteiger charge is -2.16. The molecule has 0 fully saturated rings. The molecule has 0 bridgehead atoms. The molecule has 0 unspecified atom stereocenters. The summed E-state index contributed by atoms with van der Waals surface area (Å²) in [5.41, 5.74) is 9.21. The van der Waals surface area contributed by atoms with Crippen molar-refractivity contribution in [3.63, 3.8) is 0 Å². The number of halogens is 1. The van der Waals surface area contributed by atoms with Gasteiger partial charge in [-0.2, -0.15) is 0 Å². The van der Waals surface area contributed by atoms with Crippen LogP contribution >= 0.6 is 12.4 Å². The molecule has 27 heavy (non-hydrogen) atoms. The molecular weight excluding hydrogens is 370 g/mol. The van der Waals surface area contributed by atoms with E-state index in [4.69, 9.17) is 19.9 Å². The maximum atomic E-state index is 11.7. The Balaban J connectivity index is 0.00000364. The maximum absolute atomic E-state index is 11.7. The van der Waals surface area contributed by atoms with Gasteiger partial charge in [0.2, 0.25) is 0 Å². The predicted octanol–water partition coefficient (Wildman–Crippen LogP) is 2.72. The van der Waals surface area contributed by atoms with E-state index in [0.717, 1.165) is 16.7 Å². The molecule has 0 saturated heterocycles. The summed E-state index contributed by atoms with van der Waals surface area (Å²) in [6.07, 6.45) is 0.400. The smallest absolute Gasteiger partial charge is 0.323 e. The van der Waals surface area contributed by atoms with Crippen molar-refractivity contribution in [2.75, 3.05) is 20.8 Å². The Morgan fingerprint density at radius 1 is 1.07 bits per heavy atom. The number of carbonyl (C=O) groups excluding carboxylic acids is 1. The molecule has 0 aliphatic rings. The second kappa shape index (κ2) is 10.8. The summed E-state index contributed by atoms with van der Waals surface area (Å²) in [6, 6.07) is 10.5. The summed E-state index contributed by atoms with van der Waals surface area (Å²) in [5, 5.41) is 9.38. The number of ether oxygens (including phenoxy) is 3. The Morgan fingerprint density at radius 3 is 2.07 bits per heavy atom. The van der Waals surface area contributed by atoms with Crippen molar-refractivity contribution in [1.82, 2.24) is 0 Å². The molecule has 0 saturated carbocycles. The van der Waals surface area contributed by atoms with E-state index in [9.17, 15) is 9.90 Å². The van der Waals surface area contributed by atoms with Crippen molar-refractivity contribution < 1.29 is 24.1 Å². The summed E-state index contributed by atoms with van der Waals surface area (Å²) in [4.78, 5) is 11.7. The highest BCUT2D eigenvalue weighted by molar-refractivity contribution is 5.85. The van der Waals surface area contributed by atoms with Crippen LogP contribution in [-0.2, 0) is 22.6 Å². The first-order valence-electron chi connectivity index (χ1n) is 8.41. The highest BCUT2D eigenvalue weighted by atomic mass is 35.5. The highest BCUT2D eigenvalue weighted by Gasteiger charge is 2.17. The fourth-order valence-electron chi connectivity index (χ4n) is 2.74. The van der Waals surface area contributed by atoms with E-state index in [0.29, 0.717) is 30.1 Å². The quantitative estimate of drug-likeness (QED) is 0.668. The van der Waals surface area contributed by atoms with Crippen LogP contribution in [0.4, 0.5) is 0 Å². The van der Waals surface area contributed by atoms with Gasteiger partial charge in [0.25, 0.3) is 0 Å². The van der Waals surface area contributed by atoms with Gasteiger partial charge in [0.15, 0.2) is 0 Å². The first-order chi connectivity index (χ1) is 12.5. The van der Waals surface area contributed by atoms with Crippen LogP contribution in [0, 0.1) is 0 Å². The normalized spacial score (nSPS) is 11.3. The molecule has 2 aromatic rings. The average molecular weight is 396 g/mol. The highest BCUT2D eigenvalue weighted by Crippen LogP contribution is 2.39. The zero-order valence-electron chi connectivity index (χ0n) is 15.7. The lowest BCUT2D eigenvalue weighted by atomic mass is 9.98.